The van der Waals surface area contributed by atoms with Gasteiger partial charge in [0.25, 0.3) is 0 Å². The molecule has 1 aromatic heterocycles. The fraction of sp³-hybridized carbons (Fsp3) is 0.182. The Bertz CT molecular complexity index is 498. The van der Waals surface area contributed by atoms with Crippen LogP contribution in [0.1, 0.15) is 5.69 Å². The Kier molecular flexibility index (Phi) is 3.53. The fourth-order valence-corrected chi connectivity index (χ4v) is 2.36. The molecule has 0 aliphatic carbocycles. The van der Waals surface area contributed by atoms with Crippen molar-refractivity contribution in [2.45, 2.75) is 6.54 Å². The van der Waals surface area contributed by atoms with Crippen molar-refractivity contribution in [2.75, 3.05) is 7.05 Å². The lowest BCUT2D eigenvalue weighted by atomic mass is 10.2. The van der Waals surface area contributed by atoms with E-state index in [9.17, 15) is 4.39 Å². The number of nitrogens with zero attached hydrogens (tertiary/aromatic N) is 1. The molecule has 0 saturated heterocycles. The summed E-state index contributed by atoms with van der Waals surface area (Å²) in [6.07, 6.45) is 0. The van der Waals surface area contributed by atoms with Gasteiger partial charge in [-0.05, 0) is 25.2 Å². The van der Waals surface area contributed by atoms with E-state index in [1.54, 1.807) is 6.07 Å². The molecule has 1 N–H and O–H groups in total. The van der Waals surface area contributed by atoms with E-state index in [1.165, 1.54) is 23.5 Å². The Balaban J connectivity index is 2.38. The van der Waals surface area contributed by atoms with E-state index in [4.69, 9.17) is 11.6 Å². The van der Waals surface area contributed by atoms with Gasteiger partial charge in [-0.3, -0.25) is 0 Å². The van der Waals surface area contributed by atoms with E-state index in [-0.39, 0.29) is 5.82 Å². The molecule has 0 saturated carbocycles. The number of hydrogen-bond donors (Lipinski definition) is 1. The quantitative estimate of drug-likeness (QED) is 0.911. The molecule has 1 aromatic carbocycles. The first kappa shape index (κ1) is 11.5. The van der Waals surface area contributed by atoms with Crippen LogP contribution < -0.4 is 5.32 Å². The minimum absolute atomic E-state index is 0.297. The zero-order chi connectivity index (χ0) is 11.5. The normalized spacial score (nSPS) is 10.7. The SMILES string of the molecule is CNCc1csc(-c2cc(Cl)ccc2F)n1. The molecule has 16 heavy (non-hydrogen) atoms. The maximum atomic E-state index is 13.5. The molecule has 1 heterocycles. The number of halogens is 2. The first-order valence-electron chi connectivity index (χ1n) is 4.75. The number of thiazole rings is 1. The lowest BCUT2D eigenvalue weighted by Crippen LogP contribution is -2.04. The molecule has 0 spiro atoms. The number of rotatable bonds is 3. The summed E-state index contributed by atoms with van der Waals surface area (Å²) in [5, 5.41) is 6.08. The molecule has 0 amide bonds. The summed E-state index contributed by atoms with van der Waals surface area (Å²) < 4.78 is 13.5. The smallest absolute Gasteiger partial charge is 0.133 e. The van der Waals surface area contributed by atoms with Crippen LogP contribution in [0.4, 0.5) is 4.39 Å². The summed E-state index contributed by atoms with van der Waals surface area (Å²) in [5.74, 6) is -0.297. The molecule has 0 unspecified atom stereocenters. The van der Waals surface area contributed by atoms with Gasteiger partial charge in [0.15, 0.2) is 0 Å². The van der Waals surface area contributed by atoms with Crippen molar-refractivity contribution in [3.63, 3.8) is 0 Å². The summed E-state index contributed by atoms with van der Waals surface area (Å²) in [5.41, 5.74) is 1.36. The van der Waals surface area contributed by atoms with Crippen LogP contribution in [0.5, 0.6) is 0 Å². The molecule has 5 heteroatoms. The van der Waals surface area contributed by atoms with Gasteiger partial charge in [0.1, 0.15) is 10.8 Å². The van der Waals surface area contributed by atoms with Crippen LogP contribution in [0.2, 0.25) is 5.02 Å². The summed E-state index contributed by atoms with van der Waals surface area (Å²) in [6.45, 7) is 0.679. The molecule has 2 rings (SSSR count). The highest BCUT2D eigenvalue weighted by molar-refractivity contribution is 7.13. The second-order valence-electron chi connectivity index (χ2n) is 3.30. The standard InChI is InChI=1S/C11H10ClFN2S/c1-14-5-8-6-16-11(15-8)9-4-7(12)2-3-10(9)13/h2-4,6,14H,5H2,1H3. The van der Waals surface area contributed by atoms with Crippen LogP contribution in [0.3, 0.4) is 0 Å². The van der Waals surface area contributed by atoms with E-state index in [0.29, 0.717) is 22.1 Å². The molecule has 84 valence electrons. The Morgan fingerprint density at radius 2 is 2.31 bits per heavy atom. The van der Waals surface area contributed by atoms with Crippen molar-refractivity contribution in [1.29, 1.82) is 0 Å². The third-order valence-corrected chi connectivity index (χ3v) is 3.23. The van der Waals surface area contributed by atoms with Crippen LogP contribution in [0, 0.1) is 5.82 Å². The predicted molar refractivity (Wildman–Crippen MR) is 65.3 cm³/mol. The number of benzene rings is 1. The van der Waals surface area contributed by atoms with Crippen molar-refractivity contribution in [2.24, 2.45) is 0 Å². The minimum Gasteiger partial charge on any atom is -0.314 e. The Labute approximate surface area is 102 Å². The molecule has 2 nitrogen and oxygen atoms in total. The Morgan fingerprint density at radius 1 is 1.50 bits per heavy atom. The van der Waals surface area contributed by atoms with Crippen molar-refractivity contribution in [1.82, 2.24) is 10.3 Å². The van der Waals surface area contributed by atoms with E-state index in [1.807, 2.05) is 12.4 Å². The van der Waals surface area contributed by atoms with Gasteiger partial charge in [-0.2, -0.15) is 0 Å². The van der Waals surface area contributed by atoms with E-state index >= 15 is 0 Å². The van der Waals surface area contributed by atoms with Crippen LogP contribution in [-0.4, -0.2) is 12.0 Å². The topological polar surface area (TPSA) is 24.9 Å². The second-order valence-corrected chi connectivity index (χ2v) is 4.59. The molecule has 0 fully saturated rings. The molecule has 0 bridgehead atoms. The molecule has 0 atom stereocenters. The summed E-state index contributed by atoms with van der Waals surface area (Å²) >= 11 is 7.25. The first-order valence-corrected chi connectivity index (χ1v) is 6.01. The number of hydrogen-bond acceptors (Lipinski definition) is 3. The largest absolute Gasteiger partial charge is 0.314 e. The molecule has 2 aromatic rings. The van der Waals surface area contributed by atoms with Crippen molar-refractivity contribution in [3.05, 3.63) is 40.1 Å². The lowest BCUT2D eigenvalue weighted by molar-refractivity contribution is 0.631. The van der Waals surface area contributed by atoms with Gasteiger partial charge in [0.05, 0.1) is 5.69 Å². The van der Waals surface area contributed by atoms with E-state index in [2.05, 4.69) is 10.3 Å². The molecular formula is C11H10ClFN2S. The van der Waals surface area contributed by atoms with Gasteiger partial charge in [0.2, 0.25) is 0 Å². The summed E-state index contributed by atoms with van der Waals surface area (Å²) in [7, 11) is 1.85. The maximum Gasteiger partial charge on any atom is 0.133 e. The van der Waals surface area contributed by atoms with Crippen molar-refractivity contribution in [3.8, 4) is 10.6 Å². The molecule has 0 radical (unpaired) electrons. The van der Waals surface area contributed by atoms with Crippen LogP contribution in [-0.2, 0) is 6.54 Å². The van der Waals surface area contributed by atoms with Crippen molar-refractivity contribution < 1.29 is 4.39 Å². The molecule has 0 aliphatic rings. The molecular weight excluding hydrogens is 247 g/mol. The number of aromatic nitrogens is 1. The minimum atomic E-state index is -0.297. The van der Waals surface area contributed by atoms with Gasteiger partial charge in [-0.15, -0.1) is 11.3 Å². The highest BCUT2D eigenvalue weighted by atomic mass is 35.5. The van der Waals surface area contributed by atoms with Crippen molar-refractivity contribution >= 4 is 22.9 Å². The lowest BCUT2D eigenvalue weighted by Gasteiger charge is -1.99. The summed E-state index contributed by atoms with van der Waals surface area (Å²) in [4.78, 5) is 4.33. The van der Waals surface area contributed by atoms with Crippen LogP contribution in [0.15, 0.2) is 23.6 Å². The van der Waals surface area contributed by atoms with Crippen LogP contribution >= 0.6 is 22.9 Å². The fourth-order valence-electron chi connectivity index (χ4n) is 1.35. The van der Waals surface area contributed by atoms with Gasteiger partial charge in [-0.25, -0.2) is 9.37 Å². The maximum absolute atomic E-state index is 13.5. The first-order chi connectivity index (χ1) is 7.70. The molecule has 0 aliphatic heterocycles. The zero-order valence-electron chi connectivity index (χ0n) is 8.63. The Morgan fingerprint density at radius 3 is 3.06 bits per heavy atom. The van der Waals surface area contributed by atoms with Gasteiger partial charge >= 0.3 is 0 Å². The highest BCUT2D eigenvalue weighted by Crippen LogP contribution is 2.28. The predicted octanol–water partition coefficient (Wildman–Crippen LogP) is 3.32. The Hall–Kier alpha value is -0.970. The van der Waals surface area contributed by atoms with E-state index < -0.39 is 0 Å². The highest BCUT2D eigenvalue weighted by Gasteiger charge is 2.09. The van der Waals surface area contributed by atoms with Gasteiger partial charge < -0.3 is 5.32 Å². The third-order valence-electron chi connectivity index (χ3n) is 2.07. The third kappa shape index (κ3) is 2.40. The van der Waals surface area contributed by atoms with Crippen LogP contribution in [0.25, 0.3) is 10.6 Å². The van der Waals surface area contributed by atoms with Gasteiger partial charge in [-0.1, -0.05) is 11.6 Å². The number of nitrogens with one attached hydrogen (secondary N) is 1. The monoisotopic (exact) mass is 256 g/mol. The summed E-state index contributed by atoms with van der Waals surface area (Å²) in [6, 6.07) is 4.48. The average Bonchev–Trinajstić information content (AvgIpc) is 2.71. The van der Waals surface area contributed by atoms with E-state index in [0.717, 1.165) is 5.69 Å². The zero-order valence-corrected chi connectivity index (χ0v) is 10.2. The average molecular weight is 257 g/mol. The second kappa shape index (κ2) is 4.91. The van der Waals surface area contributed by atoms with Gasteiger partial charge in [0, 0.05) is 22.5 Å².